The Labute approximate surface area is 110 Å². The van der Waals surface area contributed by atoms with Crippen molar-refractivity contribution in [1.29, 1.82) is 0 Å². The minimum absolute atomic E-state index is 0.151. The Bertz CT molecular complexity index is 362. The third-order valence-electron chi connectivity index (χ3n) is 2.47. The van der Waals surface area contributed by atoms with E-state index in [1.54, 1.807) is 7.11 Å². The van der Waals surface area contributed by atoms with Crippen LogP contribution in [-0.2, 0) is 6.54 Å². The van der Waals surface area contributed by atoms with E-state index in [-0.39, 0.29) is 6.10 Å². The maximum Gasteiger partial charge on any atom is 0.161 e. The number of hydrogen-bond acceptors (Lipinski definition) is 3. The van der Waals surface area contributed by atoms with Gasteiger partial charge in [-0.3, -0.25) is 0 Å². The van der Waals surface area contributed by atoms with Crippen LogP contribution in [0.4, 0.5) is 0 Å². The zero-order valence-corrected chi connectivity index (χ0v) is 12.1. The van der Waals surface area contributed by atoms with Gasteiger partial charge in [0, 0.05) is 6.54 Å². The van der Waals surface area contributed by atoms with E-state index >= 15 is 0 Å². The quantitative estimate of drug-likeness (QED) is 0.807. The number of methoxy groups -OCH3 is 1. The highest BCUT2D eigenvalue weighted by Gasteiger charge is 2.07. The third kappa shape index (κ3) is 4.96. The average molecular weight is 251 g/mol. The second-order valence-corrected chi connectivity index (χ2v) is 5.18. The van der Waals surface area contributed by atoms with E-state index < -0.39 is 0 Å². The molecule has 1 rings (SSSR count). The fourth-order valence-electron chi connectivity index (χ4n) is 1.68. The molecule has 3 nitrogen and oxygen atoms in total. The molecule has 0 spiro atoms. The zero-order chi connectivity index (χ0) is 13.5. The summed E-state index contributed by atoms with van der Waals surface area (Å²) in [5.41, 5.74) is 1.21. The maximum absolute atomic E-state index is 5.75. The van der Waals surface area contributed by atoms with Gasteiger partial charge >= 0.3 is 0 Å². The highest BCUT2D eigenvalue weighted by Crippen LogP contribution is 2.28. The van der Waals surface area contributed by atoms with Crippen LogP contribution >= 0.6 is 0 Å². The van der Waals surface area contributed by atoms with Gasteiger partial charge in [-0.15, -0.1) is 0 Å². The number of hydrogen-bond donors (Lipinski definition) is 1. The summed E-state index contributed by atoms with van der Waals surface area (Å²) in [5, 5.41) is 3.42. The molecule has 102 valence electrons. The van der Waals surface area contributed by atoms with Gasteiger partial charge in [0.2, 0.25) is 0 Å². The predicted molar refractivity (Wildman–Crippen MR) is 75.3 cm³/mol. The smallest absolute Gasteiger partial charge is 0.161 e. The van der Waals surface area contributed by atoms with Crippen molar-refractivity contribution in [3.05, 3.63) is 23.8 Å². The standard InChI is InChI=1S/C15H25NO2/c1-11(2)9-16-10-13-6-7-14(17-5)15(8-13)18-12(3)4/h6-8,11-12,16H,9-10H2,1-5H3. The van der Waals surface area contributed by atoms with Gasteiger partial charge in [-0.25, -0.2) is 0 Å². The minimum atomic E-state index is 0.151. The molecule has 0 aliphatic carbocycles. The lowest BCUT2D eigenvalue weighted by Crippen LogP contribution is -2.19. The van der Waals surface area contributed by atoms with E-state index in [1.807, 2.05) is 26.0 Å². The van der Waals surface area contributed by atoms with Crippen LogP contribution < -0.4 is 14.8 Å². The van der Waals surface area contributed by atoms with Crippen molar-refractivity contribution in [2.45, 2.75) is 40.3 Å². The molecule has 1 aromatic rings. The second-order valence-electron chi connectivity index (χ2n) is 5.18. The van der Waals surface area contributed by atoms with E-state index in [9.17, 15) is 0 Å². The van der Waals surface area contributed by atoms with Gasteiger partial charge in [0.05, 0.1) is 13.2 Å². The van der Waals surface area contributed by atoms with Crippen LogP contribution in [0.15, 0.2) is 18.2 Å². The van der Waals surface area contributed by atoms with Crippen molar-refractivity contribution in [2.24, 2.45) is 5.92 Å². The summed E-state index contributed by atoms with van der Waals surface area (Å²) >= 11 is 0. The molecule has 1 aromatic carbocycles. The van der Waals surface area contributed by atoms with Gasteiger partial charge in [-0.05, 0) is 44.0 Å². The minimum Gasteiger partial charge on any atom is -0.493 e. The van der Waals surface area contributed by atoms with Crippen molar-refractivity contribution in [1.82, 2.24) is 5.32 Å². The topological polar surface area (TPSA) is 30.5 Å². The van der Waals surface area contributed by atoms with Crippen LogP contribution in [0.1, 0.15) is 33.3 Å². The van der Waals surface area contributed by atoms with Crippen molar-refractivity contribution in [2.75, 3.05) is 13.7 Å². The molecule has 0 aliphatic rings. The van der Waals surface area contributed by atoms with Gasteiger partial charge < -0.3 is 14.8 Å². The average Bonchev–Trinajstić information content (AvgIpc) is 2.28. The van der Waals surface area contributed by atoms with Crippen LogP contribution in [0.2, 0.25) is 0 Å². The number of ether oxygens (including phenoxy) is 2. The Morgan fingerprint density at radius 1 is 1.11 bits per heavy atom. The molecule has 0 bridgehead atoms. The summed E-state index contributed by atoms with van der Waals surface area (Å²) in [6, 6.07) is 6.08. The molecule has 18 heavy (non-hydrogen) atoms. The summed E-state index contributed by atoms with van der Waals surface area (Å²) in [6.07, 6.45) is 0.151. The molecular formula is C15H25NO2. The highest BCUT2D eigenvalue weighted by molar-refractivity contribution is 5.43. The van der Waals surface area contributed by atoms with Crippen LogP contribution in [0.25, 0.3) is 0 Å². The van der Waals surface area contributed by atoms with Crippen LogP contribution in [0.5, 0.6) is 11.5 Å². The molecule has 0 unspecified atom stereocenters. The summed E-state index contributed by atoms with van der Waals surface area (Å²) in [7, 11) is 1.67. The Kier molecular flexibility index (Phi) is 5.99. The molecule has 0 heterocycles. The monoisotopic (exact) mass is 251 g/mol. The van der Waals surface area contributed by atoms with E-state index in [0.29, 0.717) is 5.92 Å². The lowest BCUT2D eigenvalue weighted by Gasteiger charge is -2.15. The van der Waals surface area contributed by atoms with E-state index in [4.69, 9.17) is 9.47 Å². The molecule has 0 saturated heterocycles. The molecule has 0 fully saturated rings. The lowest BCUT2D eigenvalue weighted by molar-refractivity contribution is 0.230. The van der Waals surface area contributed by atoms with E-state index in [0.717, 1.165) is 24.6 Å². The van der Waals surface area contributed by atoms with E-state index in [2.05, 4.69) is 25.2 Å². The van der Waals surface area contributed by atoms with Crippen LogP contribution in [-0.4, -0.2) is 19.8 Å². The number of benzene rings is 1. The van der Waals surface area contributed by atoms with E-state index in [1.165, 1.54) is 5.56 Å². The molecule has 0 saturated carbocycles. The molecule has 3 heteroatoms. The third-order valence-corrected chi connectivity index (χ3v) is 2.47. The Morgan fingerprint density at radius 2 is 1.83 bits per heavy atom. The molecular weight excluding hydrogens is 226 g/mol. The van der Waals surface area contributed by atoms with Gasteiger partial charge in [0.25, 0.3) is 0 Å². The Balaban J connectivity index is 2.69. The summed E-state index contributed by atoms with van der Waals surface area (Å²) < 4.78 is 11.1. The molecule has 1 N–H and O–H groups in total. The SMILES string of the molecule is COc1ccc(CNCC(C)C)cc1OC(C)C. The Hall–Kier alpha value is -1.22. The van der Waals surface area contributed by atoms with Crippen molar-refractivity contribution in [3.63, 3.8) is 0 Å². The number of rotatable bonds is 7. The lowest BCUT2D eigenvalue weighted by atomic mass is 10.1. The van der Waals surface area contributed by atoms with Crippen molar-refractivity contribution in [3.8, 4) is 11.5 Å². The largest absolute Gasteiger partial charge is 0.493 e. The van der Waals surface area contributed by atoms with Crippen molar-refractivity contribution >= 4 is 0 Å². The van der Waals surface area contributed by atoms with Gasteiger partial charge in [-0.1, -0.05) is 19.9 Å². The molecule has 0 amide bonds. The van der Waals surface area contributed by atoms with Gasteiger partial charge in [0.15, 0.2) is 11.5 Å². The van der Waals surface area contributed by atoms with Crippen LogP contribution in [0.3, 0.4) is 0 Å². The first kappa shape index (κ1) is 14.8. The summed E-state index contributed by atoms with van der Waals surface area (Å²) in [5.74, 6) is 2.27. The zero-order valence-electron chi connectivity index (χ0n) is 12.1. The normalized spacial score (nSPS) is 11.1. The summed E-state index contributed by atoms with van der Waals surface area (Å²) in [6.45, 7) is 10.3. The predicted octanol–water partition coefficient (Wildman–Crippen LogP) is 3.23. The first-order chi connectivity index (χ1) is 8.52. The second kappa shape index (κ2) is 7.27. The molecule has 0 aliphatic heterocycles. The highest BCUT2D eigenvalue weighted by atomic mass is 16.5. The Morgan fingerprint density at radius 3 is 2.39 bits per heavy atom. The number of nitrogens with one attached hydrogen (secondary N) is 1. The molecule has 0 radical (unpaired) electrons. The summed E-state index contributed by atoms with van der Waals surface area (Å²) in [4.78, 5) is 0. The molecule has 0 aromatic heterocycles. The first-order valence-electron chi connectivity index (χ1n) is 6.57. The maximum atomic E-state index is 5.75. The van der Waals surface area contributed by atoms with Crippen molar-refractivity contribution < 1.29 is 9.47 Å². The van der Waals surface area contributed by atoms with Crippen LogP contribution in [0, 0.1) is 5.92 Å². The van der Waals surface area contributed by atoms with Gasteiger partial charge in [-0.2, -0.15) is 0 Å². The fourth-order valence-corrected chi connectivity index (χ4v) is 1.68. The fraction of sp³-hybridized carbons (Fsp3) is 0.600. The first-order valence-corrected chi connectivity index (χ1v) is 6.57. The molecule has 0 atom stereocenters. The van der Waals surface area contributed by atoms with Gasteiger partial charge in [0.1, 0.15) is 0 Å².